The molecule has 3 heterocycles. The summed E-state index contributed by atoms with van der Waals surface area (Å²) >= 11 is 1.34. The molecule has 2 atom stereocenters. The minimum Gasteiger partial charge on any atom is -0.486 e. The van der Waals surface area contributed by atoms with E-state index >= 15 is 0 Å². The first-order valence-electron chi connectivity index (χ1n) is 10.9. The van der Waals surface area contributed by atoms with Gasteiger partial charge >= 0.3 is 0 Å². The summed E-state index contributed by atoms with van der Waals surface area (Å²) in [6.45, 7) is 6.18. The third kappa shape index (κ3) is 4.42. The van der Waals surface area contributed by atoms with Gasteiger partial charge in [0.2, 0.25) is 10.0 Å². The maximum Gasteiger partial charge on any atom is 0.257 e. The maximum absolute atomic E-state index is 13.1. The van der Waals surface area contributed by atoms with Crippen LogP contribution in [0.2, 0.25) is 0 Å². The molecule has 1 amide bonds. The van der Waals surface area contributed by atoms with Crippen molar-refractivity contribution in [3.8, 4) is 11.5 Å². The molecular weight excluding hydrogens is 462 g/mol. The van der Waals surface area contributed by atoms with Crippen LogP contribution >= 0.6 is 11.3 Å². The van der Waals surface area contributed by atoms with Gasteiger partial charge in [0.05, 0.1) is 15.1 Å². The Hall–Kier alpha value is -2.69. The number of hydrogen-bond acceptors (Lipinski definition) is 7. The number of piperidine rings is 1. The Labute approximate surface area is 196 Å². The van der Waals surface area contributed by atoms with E-state index < -0.39 is 10.0 Å². The van der Waals surface area contributed by atoms with Crippen molar-refractivity contribution in [2.75, 3.05) is 31.6 Å². The lowest BCUT2D eigenvalue weighted by atomic mass is 9.94. The third-order valence-corrected chi connectivity index (χ3v) is 8.64. The van der Waals surface area contributed by atoms with Crippen LogP contribution in [0.5, 0.6) is 11.5 Å². The zero-order chi connectivity index (χ0) is 23.2. The van der Waals surface area contributed by atoms with Crippen LogP contribution in [-0.4, -0.2) is 49.9 Å². The molecule has 0 aliphatic carbocycles. The first-order valence-corrected chi connectivity index (χ1v) is 13.2. The van der Waals surface area contributed by atoms with E-state index in [2.05, 4.69) is 24.1 Å². The van der Waals surface area contributed by atoms with E-state index in [-0.39, 0.29) is 10.8 Å². The highest BCUT2D eigenvalue weighted by atomic mass is 32.2. The molecule has 0 radical (unpaired) electrons. The molecule has 1 fully saturated rings. The van der Waals surface area contributed by atoms with Crippen LogP contribution < -0.4 is 14.8 Å². The number of rotatable bonds is 4. The van der Waals surface area contributed by atoms with Gasteiger partial charge < -0.3 is 9.47 Å². The predicted octanol–water partition coefficient (Wildman–Crippen LogP) is 3.99. The number of anilines is 1. The molecule has 1 saturated heterocycles. The number of benzene rings is 2. The van der Waals surface area contributed by atoms with Gasteiger partial charge in [0.1, 0.15) is 13.2 Å². The Morgan fingerprint density at radius 3 is 2.36 bits per heavy atom. The fourth-order valence-electron chi connectivity index (χ4n) is 4.42. The summed E-state index contributed by atoms with van der Waals surface area (Å²) in [6.07, 6.45) is 1.03. The van der Waals surface area contributed by atoms with Crippen molar-refractivity contribution < 1.29 is 22.7 Å². The van der Waals surface area contributed by atoms with Crippen LogP contribution in [0.4, 0.5) is 5.13 Å². The number of nitrogens with zero attached hydrogens (tertiary/aromatic N) is 2. The molecule has 0 saturated carbocycles. The van der Waals surface area contributed by atoms with E-state index in [1.54, 1.807) is 10.4 Å². The Morgan fingerprint density at radius 1 is 1.06 bits per heavy atom. The molecule has 8 nitrogen and oxygen atoms in total. The monoisotopic (exact) mass is 487 g/mol. The van der Waals surface area contributed by atoms with Crippen molar-refractivity contribution in [2.45, 2.75) is 25.2 Å². The predicted molar refractivity (Wildman–Crippen MR) is 127 cm³/mol. The standard InChI is InChI=1S/C23H25N3O5S2/c1-14-9-15(2)13-26(12-14)33(28,29)17-5-3-16(4-6-17)22(27)25-23-24-18-10-19-20(11-21(18)32-23)31-8-7-30-19/h3-6,10-11,14-15H,7-9,12-13H2,1-2H3,(H,24,25,27)/t14-,15+. The number of ether oxygens (including phenoxy) is 2. The average molecular weight is 488 g/mol. The second-order valence-electron chi connectivity index (χ2n) is 8.73. The second kappa shape index (κ2) is 8.58. The Morgan fingerprint density at radius 2 is 1.70 bits per heavy atom. The van der Waals surface area contributed by atoms with Gasteiger partial charge in [0, 0.05) is 30.8 Å². The van der Waals surface area contributed by atoms with Gasteiger partial charge in [0.15, 0.2) is 16.6 Å². The number of fused-ring (bicyclic) bond motifs is 2. The molecule has 1 N–H and O–H groups in total. The second-order valence-corrected chi connectivity index (χ2v) is 11.7. The highest BCUT2D eigenvalue weighted by Crippen LogP contribution is 2.38. The minimum absolute atomic E-state index is 0.200. The summed E-state index contributed by atoms with van der Waals surface area (Å²) in [5, 5.41) is 3.25. The van der Waals surface area contributed by atoms with Crippen LogP contribution in [0.1, 0.15) is 30.6 Å². The van der Waals surface area contributed by atoms with E-state index in [0.29, 0.717) is 65.8 Å². The van der Waals surface area contributed by atoms with Gasteiger partial charge in [-0.1, -0.05) is 25.2 Å². The van der Waals surface area contributed by atoms with Gasteiger partial charge in [0.25, 0.3) is 5.91 Å². The van der Waals surface area contributed by atoms with Gasteiger partial charge in [-0.15, -0.1) is 0 Å². The fraction of sp³-hybridized carbons (Fsp3) is 0.391. The van der Waals surface area contributed by atoms with Gasteiger partial charge in [-0.3, -0.25) is 10.1 Å². The molecule has 2 aromatic carbocycles. The first-order chi connectivity index (χ1) is 15.8. The lowest BCUT2D eigenvalue weighted by molar-refractivity contribution is 0.102. The highest BCUT2D eigenvalue weighted by Gasteiger charge is 2.31. The van der Waals surface area contributed by atoms with E-state index in [1.807, 2.05) is 6.07 Å². The lowest BCUT2D eigenvalue weighted by Crippen LogP contribution is -2.42. The number of sulfonamides is 1. The summed E-state index contributed by atoms with van der Waals surface area (Å²) in [4.78, 5) is 17.4. The van der Waals surface area contributed by atoms with E-state index in [1.165, 1.54) is 35.6 Å². The van der Waals surface area contributed by atoms with Crippen LogP contribution in [-0.2, 0) is 10.0 Å². The summed E-state index contributed by atoms with van der Waals surface area (Å²) in [5.74, 6) is 1.61. The Bertz CT molecular complexity index is 1250. The summed E-state index contributed by atoms with van der Waals surface area (Å²) in [5.41, 5.74) is 1.07. The van der Waals surface area contributed by atoms with Gasteiger partial charge in [-0.2, -0.15) is 4.31 Å². The molecule has 0 bridgehead atoms. The van der Waals surface area contributed by atoms with Crippen LogP contribution in [0.15, 0.2) is 41.3 Å². The fourth-order valence-corrected chi connectivity index (χ4v) is 6.97. The van der Waals surface area contributed by atoms with E-state index in [0.717, 1.165) is 11.1 Å². The maximum atomic E-state index is 13.1. The molecule has 5 rings (SSSR count). The number of carbonyl (C=O) groups is 1. The topological polar surface area (TPSA) is 97.8 Å². The van der Waals surface area contributed by atoms with Crippen LogP contribution in [0.25, 0.3) is 10.2 Å². The number of thiazole rings is 1. The summed E-state index contributed by atoms with van der Waals surface area (Å²) in [6, 6.07) is 9.72. The molecule has 2 aliphatic rings. The molecule has 33 heavy (non-hydrogen) atoms. The quantitative estimate of drug-likeness (QED) is 0.598. The summed E-state index contributed by atoms with van der Waals surface area (Å²) in [7, 11) is -3.59. The SMILES string of the molecule is C[C@@H]1C[C@H](C)CN(S(=O)(=O)c2ccc(C(=O)Nc3nc4cc5c(cc4s3)OCCO5)cc2)C1. The molecule has 1 aromatic heterocycles. The first kappa shape index (κ1) is 22.1. The largest absolute Gasteiger partial charge is 0.486 e. The zero-order valence-electron chi connectivity index (χ0n) is 18.4. The van der Waals surface area contributed by atoms with Crippen molar-refractivity contribution in [3.05, 3.63) is 42.0 Å². The number of aromatic nitrogens is 1. The molecule has 0 unspecified atom stereocenters. The third-order valence-electron chi connectivity index (χ3n) is 5.86. The molecule has 3 aromatic rings. The van der Waals surface area contributed by atoms with Crippen molar-refractivity contribution in [2.24, 2.45) is 11.8 Å². The molecule has 2 aliphatic heterocycles. The van der Waals surface area contributed by atoms with E-state index in [4.69, 9.17) is 9.47 Å². The minimum atomic E-state index is -3.59. The van der Waals surface area contributed by atoms with Crippen molar-refractivity contribution in [1.29, 1.82) is 0 Å². The van der Waals surface area contributed by atoms with Gasteiger partial charge in [-0.25, -0.2) is 13.4 Å². The normalized spacial score (nSPS) is 21.2. The van der Waals surface area contributed by atoms with Crippen molar-refractivity contribution in [3.63, 3.8) is 0 Å². The Balaban J connectivity index is 1.31. The molecule has 0 spiro atoms. The number of nitrogens with one attached hydrogen (secondary N) is 1. The van der Waals surface area contributed by atoms with Crippen molar-refractivity contribution in [1.82, 2.24) is 9.29 Å². The molecule has 10 heteroatoms. The smallest absolute Gasteiger partial charge is 0.257 e. The summed E-state index contributed by atoms with van der Waals surface area (Å²) < 4.78 is 39.7. The molecule has 174 valence electrons. The van der Waals surface area contributed by atoms with Crippen molar-refractivity contribution >= 4 is 42.6 Å². The van der Waals surface area contributed by atoms with Crippen LogP contribution in [0.3, 0.4) is 0 Å². The number of carbonyl (C=O) groups excluding carboxylic acids is 1. The molecular formula is C23H25N3O5S2. The Kier molecular flexibility index (Phi) is 5.75. The van der Waals surface area contributed by atoms with Crippen LogP contribution in [0, 0.1) is 11.8 Å². The van der Waals surface area contributed by atoms with Gasteiger partial charge in [-0.05, 0) is 42.5 Å². The average Bonchev–Trinajstić information content (AvgIpc) is 3.17. The lowest BCUT2D eigenvalue weighted by Gasteiger charge is -2.34. The number of hydrogen-bond donors (Lipinski definition) is 1. The zero-order valence-corrected chi connectivity index (χ0v) is 20.0. The number of amides is 1. The van der Waals surface area contributed by atoms with E-state index in [9.17, 15) is 13.2 Å². The highest BCUT2D eigenvalue weighted by molar-refractivity contribution is 7.89.